The van der Waals surface area contributed by atoms with E-state index in [2.05, 4.69) is 99.3 Å². The van der Waals surface area contributed by atoms with Crippen LogP contribution in [0.2, 0.25) is 0 Å². The van der Waals surface area contributed by atoms with E-state index in [0.717, 1.165) is 93.9 Å². The van der Waals surface area contributed by atoms with Gasteiger partial charge in [0.25, 0.3) is 0 Å². The standard InChI is InChI=1S/C33H65N15/c1-12-15-17-22-44(9)31-41-26(39-28(34-5)46(31)11)18-24-48-30(36-7)40-27(42-33(48)45(10)21-16-13-2)19-23-47-29(35-6)37-25(4)38-32(47)43(8)20-14-3/h25-27H,12-24H2,1-11H3,(H,34,39)(H,35,37)(H,36,40). The molecule has 0 saturated carbocycles. The van der Waals surface area contributed by atoms with Gasteiger partial charge in [-0.2, -0.15) is 0 Å². The first-order valence-corrected chi connectivity index (χ1v) is 18.0. The fraction of sp³-hybridized carbons (Fsp3) is 0.818. The Labute approximate surface area is 290 Å². The van der Waals surface area contributed by atoms with Crippen LogP contribution in [0, 0.1) is 0 Å². The molecule has 15 heteroatoms. The molecule has 3 unspecified atom stereocenters. The molecule has 0 radical (unpaired) electrons. The highest BCUT2D eigenvalue weighted by Gasteiger charge is 2.33. The number of hydrogen-bond donors (Lipinski definition) is 3. The van der Waals surface area contributed by atoms with Crippen LogP contribution in [0.4, 0.5) is 0 Å². The Hall–Kier alpha value is -3.78. The summed E-state index contributed by atoms with van der Waals surface area (Å²) in [7, 11) is 13.9. The Kier molecular flexibility index (Phi) is 15.5. The van der Waals surface area contributed by atoms with Crippen molar-refractivity contribution < 1.29 is 0 Å². The van der Waals surface area contributed by atoms with Crippen LogP contribution in [0.25, 0.3) is 0 Å². The number of guanidine groups is 6. The highest BCUT2D eigenvalue weighted by Crippen LogP contribution is 2.17. The number of rotatable bonds is 15. The largest absolute Gasteiger partial charge is 0.345 e. The second kappa shape index (κ2) is 19.3. The van der Waals surface area contributed by atoms with Crippen LogP contribution in [-0.4, -0.2) is 166 Å². The van der Waals surface area contributed by atoms with Crippen molar-refractivity contribution in [2.75, 3.05) is 82.1 Å². The van der Waals surface area contributed by atoms with Gasteiger partial charge in [-0.3, -0.25) is 29.7 Å². The molecule has 0 fully saturated rings. The summed E-state index contributed by atoms with van der Waals surface area (Å²) in [6.07, 6.45) is 7.97. The number of nitrogens with one attached hydrogen (secondary N) is 3. The third-order valence-corrected chi connectivity index (χ3v) is 8.81. The van der Waals surface area contributed by atoms with Gasteiger partial charge in [0.2, 0.25) is 35.8 Å². The lowest BCUT2D eigenvalue weighted by Crippen LogP contribution is -2.60. The Morgan fingerprint density at radius 3 is 1.65 bits per heavy atom. The summed E-state index contributed by atoms with van der Waals surface area (Å²) in [5.41, 5.74) is 0. The van der Waals surface area contributed by atoms with Crippen LogP contribution in [0.5, 0.6) is 0 Å². The second-order valence-electron chi connectivity index (χ2n) is 12.8. The molecule has 272 valence electrons. The Balaban J connectivity index is 1.84. The van der Waals surface area contributed by atoms with Gasteiger partial charge in [-0.1, -0.05) is 40.0 Å². The molecule has 0 spiro atoms. The molecule has 3 atom stereocenters. The lowest BCUT2D eigenvalue weighted by atomic mass is 10.2. The second-order valence-corrected chi connectivity index (χ2v) is 12.8. The number of hydrogen-bond acceptors (Lipinski definition) is 9. The summed E-state index contributed by atoms with van der Waals surface area (Å²) in [6.45, 7) is 12.9. The molecule has 0 bridgehead atoms. The molecule has 3 N–H and O–H groups in total. The maximum absolute atomic E-state index is 5.30. The van der Waals surface area contributed by atoms with Crippen molar-refractivity contribution >= 4 is 35.8 Å². The first-order valence-electron chi connectivity index (χ1n) is 18.0. The predicted octanol–water partition coefficient (Wildman–Crippen LogP) is 2.33. The Morgan fingerprint density at radius 2 is 1.08 bits per heavy atom. The minimum Gasteiger partial charge on any atom is -0.345 e. The van der Waals surface area contributed by atoms with Gasteiger partial charge in [-0.05, 0) is 26.2 Å². The van der Waals surface area contributed by atoms with E-state index in [1.807, 2.05) is 33.1 Å². The summed E-state index contributed by atoms with van der Waals surface area (Å²) >= 11 is 0. The van der Waals surface area contributed by atoms with E-state index in [9.17, 15) is 0 Å². The minimum atomic E-state index is -0.157. The van der Waals surface area contributed by atoms with Crippen LogP contribution in [-0.2, 0) is 0 Å². The minimum absolute atomic E-state index is 0.0353. The van der Waals surface area contributed by atoms with Crippen molar-refractivity contribution in [2.45, 2.75) is 97.6 Å². The van der Waals surface area contributed by atoms with Crippen molar-refractivity contribution in [3.63, 3.8) is 0 Å². The van der Waals surface area contributed by atoms with Crippen molar-refractivity contribution in [3.05, 3.63) is 0 Å². The summed E-state index contributed by atoms with van der Waals surface area (Å²) in [6, 6.07) is 0. The third kappa shape index (κ3) is 10.1. The molecule has 0 aliphatic carbocycles. The summed E-state index contributed by atoms with van der Waals surface area (Å²) in [5.74, 6) is 5.28. The maximum atomic E-state index is 5.30. The molecule has 0 amide bonds. The van der Waals surface area contributed by atoms with E-state index in [-0.39, 0.29) is 18.5 Å². The molecule has 3 rings (SSSR count). The summed E-state index contributed by atoms with van der Waals surface area (Å²) < 4.78 is 0. The molecule has 3 heterocycles. The van der Waals surface area contributed by atoms with Gasteiger partial charge in [0.15, 0.2) is 0 Å². The quantitative estimate of drug-likeness (QED) is 0.225. The Morgan fingerprint density at radius 1 is 0.604 bits per heavy atom. The highest BCUT2D eigenvalue weighted by atomic mass is 15.5. The Bertz CT molecular complexity index is 1190. The van der Waals surface area contributed by atoms with Crippen molar-refractivity contribution in [3.8, 4) is 0 Å². The molecule has 0 aromatic rings. The average molecular weight is 672 g/mol. The molecular weight excluding hydrogens is 606 g/mol. The number of aliphatic imine (C=N–C) groups is 6. The molecule has 3 aliphatic rings. The highest BCUT2D eigenvalue weighted by molar-refractivity contribution is 6.02. The third-order valence-electron chi connectivity index (χ3n) is 8.81. The maximum Gasteiger partial charge on any atom is 0.205 e. The van der Waals surface area contributed by atoms with Gasteiger partial charge in [-0.15, -0.1) is 0 Å². The van der Waals surface area contributed by atoms with Gasteiger partial charge < -0.3 is 30.7 Å². The van der Waals surface area contributed by atoms with E-state index in [4.69, 9.17) is 20.0 Å². The van der Waals surface area contributed by atoms with Gasteiger partial charge in [0.05, 0.1) is 0 Å². The summed E-state index contributed by atoms with van der Waals surface area (Å²) in [4.78, 5) is 42.4. The van der Waals surface area contributed by atoms with E-state index in [1.165, 1.54) is 12.8 Å². The zero-order valence-electron chi connectivity index (χ0n) is 31.8. The van der Waals surface area contributed by atoms with Crippen molar-refractivity contribution in [2.24, 2.45) is 30.0 Å². The molecule has 48 heavy (non-hydrogen) atoms. The molecule has 0 aromatic heterocycles. The van der Waals surface area contributed by atoms with Crippen LogP contribution in [0.15, 0.2) is 30.0 Å². The lowest BCUT2D eigenvalue weighted by Gasteiger charge is -2.41. The molecule has 3 aliphatic heterocycles. The summed E-state index contributed by atoms with van der Waals surface area (Å²) in [5, 5.41) is 10.6. The molecule has 15 nitrogen and oxygen atoms in total. The zero-order valence-corrected chi connectivity index (χ0v) is 31.8. The van der Waals surface area contributed by atoms with Gasteiger partial charge in [0.1, 0.15) is 18.5 Å². The lowest BCUT2D eigenvalue weighted by molar-refractivity contribution is 0.346. The van der Waals surface area contributed by atoms with Crippen LogP contribution >= 0.6 is 0 Å². The molecule has 0 aromatic carbocycles. The SMILES string of the molecule is CCCCCN(C)C1=NC(CCN2C(=NC)NC(CCN3C(=NC)NC(C)N=C3N(C)CCC)N=C2N(C)CCCC)NC(=NC)N1C. The van der Waals surface area contributed by atoms with Crippen LogP contribution < -0.4 is 16.0 Å². The van der Waals surface area contributed by atoms with E-state index >= 15 is 0 Å². The average Bonchev–Trinajstić information content (AvgIpc) is 3.08. The zero-order chi connectivity index (χ0) is 35.2. The normalized spacial score (nSPS) is 23.8. The van der Waals surface area contributed by atoms with Crippen molar-refractivity contribution in [1.29, 1.82) is 0 Å². The van der Waals surface area contributed by atoms with E-state index in [0.29, 0.717) is 13.1 Å². The fourth-order valence-corrected chi connectivity index (χ4v) is 6.16. The number of unbranched alkanes of at least 4 members (excludes halogenated alkanes) is 3. The van der Waals surface area contributed by atoms with Crippen molar-refractivity contribution in [1.82, 2.24) is 45.3 Å². The van der Waals surface area contributed by atoms with Gasteiger partial charge >= 0.3 is 0 Å². The van der Waals surface area contributed by atoms with Crippen LogP contribution in [0.3, 0.4) is 0 Å². The molecule has 0 saturated heterocycles. The monoisotopic (exact) mass is 672 g/mol. The molecular formula is C33H65N15. The van der Waals surface area contributed by atoms with Crippen LogP contribution in [0.1, 0.15) is 79.1 Å². The topological polar surface area (TPSA) is 130 Å². The fourth-order valence-electron chi connectivity index (χ4n) is 6.16. The van der Waals surface area contributed by atoms with Gasteiger partial charge in [-0.25, -0.2) is 15.0 Å². The smallest absolute Gasteiger partial charge is 0.205 e. The van der Waals surface area contributed by atoms with Gasteiger partial charge in [0, 0.05) is 94.9 Å². The van der Waals surface area contributed by atoms with E-state index < -0.39 is 0 Å². The first-order chi connectivity index (χ1) is 23.1. The van der Waals surface area contributed by atoms with E-state index in [1.54, 1.807) is 0 Å². The predicted molar refractivity (Wildman–Crippen MR) is 202 cm³/mol. The number of nitrogens with zero attached hydrogens (tertiary/aromatic N) is 12. The first kappa shape index (κ1) is 38.7.